The normalized spacial score (nSPS) is 11.7. The van der Waals surface area contributed by atoms with Crippen molar-refractivity contribution < 1.29 is 0 Å². The quantitative estimate of drug-likeness (QED) is 0.137. The van der Waals surface area contributed by atoms with Crippen LogP contribution in [0.5, 0.6) is 0 Å². The van der Waals surface area contributed by atoms with E-state index in [1.165, 1.54) is 37.0 Å². The summed E-state index contributed by atoms with van der Waals surface area (Å²) in [6, 6.07) is 120. The van der Waals surface area contributed by atoms with Crippen LogP contribution in [0, 0.1) is 11.3 Å². The smallest absolute Gasteiger partial charge is 0.160 e. The standard InChI is InChI=1S/C89H54N6S/c90-55-72-83(57-42-48-61(49-43-57)93-75-34-14-7-26-64(75)65-27-8-15-35-76(65)93)84(58-44-50-62(51-45-58)94-77-36-16-9-28-66(77)67-29-10-17-37-78(67)94)85(59-46-52-63(53-47-59)95-79-38-18-11-30-68(79)69-31-12-19-39-80(69)95)88(71-33-21-41-82-86(71)70-32-13-20-40-81(70)96-82)87(72)74-54-73(56-22-3-1-4-23-56)91-89(92-74)60-24-5-2-6-25-60/h1-54H. The highest BCUT2D eigenvalue weighted by Gasteiger charge is 2.32. The Balaban J connectivity index is 0.975. The fourth-order valence-corrected chi connectivity index (χ4v) is 16.4. The molecule has 0 saturated carbocycles. The largest absolute Gasteiger partial charge is 0.309 e. The SMILES string of the molecule is N#Cc1c(-c2ccc(-n3c4ccccc4c4ccccc43)cc2)c(-c2ccc(-n3c4ccccc4c4ccccc43)cc2)c(-c2ccc(-n3c4ccccc4c4ccccc43)cc2)c(-c2cccc3sc4ccccc4c23)c1-c1cc(-c2ccccc2)nc(-c2ccccc2)n1. The Morgan fingerprint density at radius 1 is 0.271 bits per heavy atom. The van der Waals surface area contributed by atoms with Gasteiger partial charge in [0.2, 0.25) is 0 Å². The molecule has 19 aromatic rings. The van der Waals surface area contributed by atoms with E-state index in [2.05, 4.69) is 323 Å². The van der Waals surface area contributed by atoms with Crippen LogP contribution in [-0.2, 0) is 0 Å². The van der Waals surface area contributed by atoms with Gasteiger partial charge in [0.15, 0.2) is 5.82 Å². The fraction of sp³-hybridized carbons (Fsp3) is 0. The molecule has 0 saturated heterocycles. The van der Waals surface area contributed by atoms with Gasteiger partial charge in [-0.3, -0.25) is 0 Å². The van der Waals surface area contributed by atoms with Gasteiger partial charge in [0.05, 0.1) is 50.1 Å². The molecule has 5 aromatic heterocycles. The Labute approximate surface area is 557 Å². The molecule has 0 fully saturated rings. The van der Waals surface area contributed by atoms with E-state index in [9.17, 15) is 5.26 Å². The second-order valence-electron chi connectivity index (χ2n) is 24.6. The number of thiophene rings is 1. The van der Waals surface area contributed by atoms with Crippen LogP contribution >= 0.6 is 11.3 Å². The first-order valence-electron chi connectivity index (χ1n) is 32.4. The van der Waals surface area contributed by atoms with E-state index >= 15 is 0 Å². The van der Waals surface area contributed by atoms with Crippen LogP contribution in [0.15, 0.2) is 328 Å². The van der Waals surface area contributed by atoms with Gasteiger partial charge in [-0.05, 0) is 124 Å². The van der Waals surface area contributed by atoms with Crippen molar-refractivity contribution in [1.29, 1.82) is 5.26 Å². The molecule has 96 heavy (non-hydrogen) atoms. The number of nitrogens with zero attached hydrogens (tertiary/aromatic N) is 6. The summed E-state index contributed by atoms with van der Waals surface area (Å²) in [5.41, 5.74) is 21.6. The third-order valence-electron chi connectivity index (χ3n) is 19.4. The Morgan fingerprint density at radius 2 is 0.625 bits per heavy atom. The molecular formula is C89H54N6S. The summed E-state index contributed by atoms with van der Waals surface area (Å²) < 4.78 is 9.44. The van der Waals surface area contributed by atoms with Crippen LogP contribution in [0.3, 0.4) is 0 Å². The van der Waals surface area contributed by atoms with Gasteiger partial charge in [0.25, 0.3) is 0 Å². The molecule has 0 bridgehead atoms. The Kier molecular flexibility index (Phi) is 12.7. The lowest BCUT2D eigenvalue weighted by molar-refractivity contribution is 1.18. The van der Waals surface area contributed by atoms with Crippen molar-refractivity contribution in [3.8, 4) is 102 Å². The summed E-state index contributed by atoms with van der Waals surface area (Å²) in [6.45, 7) is 0. The van der Waals surface area contributed by atoms with Crippen LogP contribution in [0.25, 0.3) is 181 Å². The first-order valence-corrected chi connectivity index (χ1v) is 33.3. The van der Waals surface area contributed by atoms with Gasteiger partial charge in [-0.1, -0.05) is 237 Å². The van der Waals surface area contributed by atoms with Gasteiger partial charge in [-0.2, -0.15) is 5.26 Å². The lowest BCUT2D eigenvalue weighted by Crippen LogP contribution is -2.05. The van der Waals surface area contributed by atoms with Crippen LogP contribution in [0.1, 0.15) is 5.56 Å². The van der Waals surface area contributed by atoms with Gasteiger partial charge in [-0.15, -0.1) is 11.3 Å². The minimum Gasteiger partial charge on any atom is -0.309 e. The highest BCUT2D eigenvalue weighted by Crippen LogP contribution is 2.56. The van der Waals surface area contributed by atoms with E-state index in [4.69, 9.17) is 9.97 Å². The molecule has 5 heterocycles. The number of nitriles is 1. The summed E-state index contributed by atoms with van der Waals surface area (Å²) in [5.74, 6) is 0.555. The predicted octanol–water partition coefficient (Wildman–Crippen LogP) is 23.7. The lowest BCUT2D eigenvalue weighted by atomic mass is 9.76. The summed E-state index contributed by atoms with van der Waals surface area (Å²) >= 11 is 1.79. The molecule has 0 aliphatic heterocycles. The molecule has 7 heteroatoms. The van der Waals surface area contributed by atoms with Crippen molar-refractivity contribution in [2.24, 2.45) is 0 Å². The molecule has 0 aliphatic rings. The van der Waals surface area contributed by atoms with Gasteiger partial charge < -0.3 is 13.7 Å². The molecule has 0 radical (unpaired) electrons. The summed E-state index contributed by atoms with van der Waals surface area (Å²) in [5, 5.41) is 22.3. The highest BCUT2D eigenvalue weighted by atomic mass is 32.1. The number of fused-ring (bicyclic) bond motifs is 12. The summed E-state index contributed by atoms with van der Waals surface area (Å²) in [7, 11) is 0. The Bertz CT molecular complexity index is 6150. The fourth-order valence-electron chi connectivity index (χ4n) is 15.2. The predicted molar refractivity (Wildman–Crippen MR) is 401 cm³/mol. The van der Waals surface area contributed by atoms with E-state index in [1.807, 2.05) is 24.3 Å². The zero-order valence-corrected chi connectivity index (χ0v) is 52.6. The highest BCUT2D eigenvalue weighted by molar-refractivity contribution is 7.26. The zero-order chi connectivity index (χ0) is 63.4. The monoisotopic (exact) mass is 1240 g/mol. The van der Waals surface area contributed by atoms with Crippen LogP contribution in [0.4, 0.5) is 0 Å². The number of aromatic nitrogens is 5. The molecule has 0 amide bonds. The van der Waals surface area contributed by atoms with Crippen molar-refractivity contribution in [1.82, 2.24) is 23.7 Å². The van der Waals surface area contributed by atoms with Gasteiger partial charge in [-0.25, -0.2) is 9.97 Å². The molecule has 0 aliphatic carbocycles. The van der Waals surface area contributed by atoms with Crippen molar-refractivity contribution >= 4 is 96.9 Å². The molecule has 6 nitrogen and oxygen atoms in total. The molecule has 14 aromatic carbocycles. The molecule has 446 valence electrons. The van der Waals surface area contributed by atoms with Crippen LogP contribution < -0.4 is 0 Å². The van der Waals surface area contributed by atoms with Crippen LogP contribution in [0.2, 0.25) is 0 Å². The maximum Gasteiger partial charge on any atom is 0.160 e. The maximum atomic E-state index is 12.9. The van der Waals surface area contributed by atoms with E-state index in [-0.39, 0.29) is 0 Å². The van der Waals surface area contributed by atoms with Crippen molar-refractivity contribution in [2.45, 2.75) is 0 Å². The average molecular weight is 1240 g/mol. The van der Waals surface area contributed by atoms with Crippen LogP contribution in [-0.4, -0.2) is 23.7 Å². The zero-order valence-electron chi connectivity index (χ0n) is 51.8. The topological polar surface area (TPSA) is 64.4 Å². The van der Waals surface area contributed by atoms with E-state index in [1.54, 1.807) is 11.3 Å². The van der Waals surface area contributed by atoms with Gasteiger partial charge >= 0.3 is 0 Å². The van der Waals surface area contributed by atoms with Crippen molar-refractivity contribution in [2.75, 3.05) is 0 Å². The van der Waals surface area contributed by atoms with Gasteiger partial charge in [0, 0.05) is 97.4 Å². The molecule has 0 atom stereocenters. The third-order valence-corrected chi connectivity index (χ3v) is 20.5. The number of benzene rings is 14. The Hall–Kier alpha value is -12.7. The van der Waals surface area contributed by atoms with E-state index in [0.717, 1.165) is 127 Å². The number of rotatable bonds is 10. The Morgan fingerprint density at radius 3 is 1.06 bits per heavy atom. The number of hydrogen-bond donors (Lipinski definition) is 0. The maximum absolute atomic E-state index is 12.9. The number of para-hydroxylation sites is 6. The minimum absolute atomic E-state index is 0.495. The molecule has 0 unspecified atom stereocenters. The van der Waals surface area contributed by atoms with Crippen molar-refractivity contribution in [3.05, 3.63) is 333 Å². The number of hydrogen-bond acceptors (Lipinski definition) is 4. The summed E-state index contributed by atoms with van der Waals surface area (Å²) in [6.07, 6.45) is 0. The first-order chi connectivity index (χ1) is 47.6. The minimum atomic E-state index is 0.495. The third kappa shape index (κ3) is 8.63. The molecule has 19 rings (SSSR count). The molecule has 0 N–H and O–H groups in total. The second-order valence-corrected chi connectivity index (χ2v) is 25.7. The van der Waals surface area contributed by atoms with Gasteiger partial charge in [0.1, 0.15) is 6.07 Å². The second kappa shape index (κ2) is 22.3. The molecular weight excluding hydrogens is 1190 g/mol. The van der Waals surface area contributed by atoms with Crippen molar-refractivity contribution in [3.63, 3.8) is 0 Å². The average Bonchev–Trinajstić information content (AvgIpc) is 0.841. The summed E-state index contributed by atoms with van der Waals surface area (Å²) in [4.78, 5) is 11.1. The molecule has 0 spiro atoms. The first kappa shape index (κ1) is 55.0. The van der Waals surface area contributed by atoms with E-state index < -0.39 is 0 Å². The van der Waals surface area contributed by atoms with E-state index in [0.29, 0.717) is 22.6 Å². The lowest BCUT2D eigenvalue weighted by Gasteiger charge is -2.27.